The summed E-state index contributed by atoms with van der Waals surface area (Å²) in [6.07, 6.45) is 0. The number of fused-ring (bicyclic) bond motifs is 10. The molecule has 0 atom stereocenters. The second-order valence-corrected chi connectivity index (χ2v) is 12.5. The molecule has 1 spiro atoms. The number of rotatable bonds is 3. The van der Waals surface area contributed by atoms with Crippen LogP contribution in [-0.4, -0.2) is 9.97 Å². The van der Waals surface area contributed by atoms with Gasteiger partial charge in [-0.15, -0.1) is 0 Å². The van der Waals surface area contributed by atoms with Crippen LogP contribution >= 0.6 is 0 Å². The molecule has 2 heterocycles. The van der Waals surface area contributed by atoms with Gasteiger partial charge in [-0.2, -0.15) is 0 Å². The van der Waals surface area contributed by atoms with Crippen molar-refractivity contribution in [2.45, 2.75) is 5.41 Å². The van der Waals surface area contributed by atoms with E-state index in [1.807, 2.05) is 30.3 Å². The van der Waals surface area contributed by atoms with E-state index in [1.54, 1.807) is 0 Å². The fourth-order valence-corrected chi connectivity index (χ4v) is 7.87. The zero-order valence-corrected chi connectivity index (χ0v) is 26.0. The van der Waals surface area contributed by atoms with Crippen LogP contribution in [0, 0.1) is 0 Å². The minimum absolute atomic E-state index is 0.454. The van der Waals surface area contributed by atoms with Crippen LogP contribution in [0.3, 0.4) is 0 Å². The van der Waals surface area contributed by atoms with Gasteiger partial charge in [0.1, 0.15) is 11.5 Å². The van der Waals surface area contributed by atoms with Crippen LogP contribution in [0.2, 0.25) is 0 Å². The van der Waals surface area contributed by atoms with Crippen molar-refractivity contribution in [2.24, 2.45) is 0 Å². The molecule has 0 unspecified atom stereocenters. The zero-order chi connectivity index (χ0) is 31.7. The molecule has 8 aromatic rings. The Morgan fingerprint density at radius 1 is 0.396 bits per heavy atom. The molecule has 3 nitrogen and oxygen atoms in total. The first-order valence-electron chi connectivity index (χ1n) is 16.3. The largest absolute Gasteiger partial charge is 0.457 e. The van der Waals surface area contributed by atoms with Crippen molar-refractivity contribution in [3.63, 3.8) is 0 Å². The topological polar surface area (TPSA) is 35.0 Å². The van der Waals surface area contributed by atoms with Gasteiger partial charge in [0, 0.05) is 27.6 Å². The van der Waals surface area contributed by atoms with Crippen molar-refractivity contribution in [1.29, 1.82) is 0 Å². The number of para-hydroxylation sites is 2. The first-order chi connectivity index (χ1) is 23.8. The monoisotopic (exact) mass is 612 g/mol. The Balaban J connectivity index is 1.10. The number of hydrogen-bond donors (Lipinski definition) is 0. The smallest absolute Gasteiger partial charge is 0.160 e. The highest BCUT2D eigenvalue weighted by atomic mass is 16.5. The van der Waals surface area contributed by atoms with Crippen molar-refractivity contribution in [2.75, 3.05) is 0 Å². The third kappa shape index (κ3) is 3.82. The van der Waals surface area contributed by atoms with Crippen molar-refractivity contribution in [1.82, 2.24) is 9.97 Å². The van der Waals surface area contributed by atoms with Crippen molar-refractivity contribution in [3.05, 3.63) is 192 Å². The Bertz CT molecular complexity index is 2490. The van der Waals surface area contributed by atoms with Crippen LogP contribution in [0.25, 0.3) is 55.8 Å². The van der Waals surface area contributed by atoms with Gasteiger partial charge in [-0.1, -0.05) is 152 Å². The summed E-state index contributed by atoms with van der Waals surface area (Å²) in [6, 6.07) is 60.0. The minimum atomic E-state index is -0.454. The minimum Gasteiger partial charge on any atom is -0.457 e. The first-order valence-corrected chi connectivity index (χ1v) is 16.3. The average Bonchev–Trinajstić information content (AvgIpc) is 3.45. The highest BCUT2D eigenvalue weighted by Gasteiger charge is 2.50. The van der Waals surface area contributed by atoms with E-state index in [4.69, 9.17) is 14.7 Å². The van der Waals surface area contributed by atoms with Gasteiger partial charge in [0.2, 0.25) is 0 Å². The molecule has 48 heavy (non-hydrogen) atoms. The second-order valence-electron chi connectivity index (χ2n) is 12.5. The van der Waals surface area contributed by atoms with Crippen LogP contribution in [0.15, 0.2) is 170 Å². The van der Waals surface area contributed by atoms with Crippen molar-refractivity contribution in [3.8, 4) is 56.4 Å². The molecule has 7 aromatic carbocycles. The number of ether oxygens (including phenoxy) is 1. The van der Waals surface area contributed by atoms with E-state index in [0.29, 0.717) is 0 Å². The Morgan fingerprint density at radius 3 is 1.75 bits per heavy atom. The van der Waals surface area contributed by atoms with Crippen molar-refractivity contribution < 1.29 is 4.74 Å². The van der Waals surface area contributed by atoms with Gasteiger partial charge in [-0.05, 0) is 51.6 Å². The summed E-state index contributed by atoms with van der Waals surface area (Å²) >= 11 is 0. The van der Waals surface area contributed by atoms with E-state index in [9.17, 15) is 0 Å². The lowest BCUT2D eigenvalue weighted by Gasteiger charge is -2.39. The lowest BCUT2D eigenvalue weighted by molar-refractivity contribution is 0.436. The average molecular weight is 613 g/mol. The molecule has 0 fully saturated rings. The molecule has 1 aromatic heterocycles. The maximum absolute atomic E-state index is 6.74. The van der Waals surface area contributed by atoms with Gasteiger partial charge in [-0.25, -0.2) is 9.97 Å². The van der Waals surface area contributed by atoms with E-state index in [2.05, 4.69) is 140 Å². The molecule has 0 saturated heterocycles. The fraction of sp³-hybridized carbons (Fsp3) is 0.0222. The van der Waals surface area contributed by atoms with Gasteiger partial charge in [-0.3, -0.25) is 0 Å². The molecule has 0 amide bonds. The number of benzene rings is 7. The Labute approximate surface area is 278 Å². The van der Waals surface area contributed by atoms with E-state index >= 15 is 0 Å². The van der Waals surface area contributed by atoms with Gasteiger partial charge in [0.05, 0.1) is 16.6 Å². The number of nitrogens with zero attached hydrogens (tertiary/aromatic N) is 2. The van der Waals surface area contributed by atoms with Crippen LogP contribution in [0.4, 0.5) is 0 Å². The van der Waals surface area contributed by atoms with E-state index in [1.165, 1.54) is 33.4 Å². The molecule has 3 heteroatoms. The predicted molar refractivity (Wildman–Crippen MR) is 193 cm³/mol. The molecule has 10 rings (SSSR count). The van der Waals surface area contributed by atoms with E-state index in [0.717, 1.165) is 56.2 Å². The molecular weight excluding hydrogens is 585 g/mol. The molecule has 1 aliphatic heterocycles. The molecule has 2 aliphatic rings. The van der Waals surface area contributed by atoms with E-state index in [-0.39, 0.29) is 0 Å². The first kappa shape index (κ1) is 26.9. The molecular formula is C45H28N2O. The van der Waals surface area contributed by atoms with Gasteiger partial charge >= 0.3 is 0 Å². The van der Waals surface area contributed by atoms with Crippen LogP contribution < -0.4 is 4.74 Å². The maximum atomic E-state index is 6.74. The highest BCUT2D eigenvalue weighted by Crippen LogP contribution is 2.62. The van der Waals surface area contributed by atoms with Gasteiger partial charge in [0.15, 0.2) is 5.82 Å². The maximum Gasteiger partial charge on any atom is 0.160 e. The van der Waals surface area contributed by atoms with Crippen LogP contribution in [0.1, 0.15) is 22.3 Å². The quantitative estimate of drug-likeness (QED) is 0.199. The number of hydrogen-bond acceptors (Lipinski definition) is 3. The molecule has 0 N–H and O–H groups in total. The molecule has 0 saturated carbocycles. The lowest BCUT2D eigenvalue weighted by Crippen LogP contribution is -2.32. The highest BCUT2D eigenvalue weighted by molar-refractivity contribution is 5.94. The molecule has 1 aliphatic carbocycles. The number of aromatic nitrogens is 2. The molecule has 0 radical (unpaired) electrons. The summed E-state index contributed by atoms with van der Waals surface area (Å²) in [5.74, 6) is 2.51. The SMILES string of the molecule is c1ccc(-c2nc(-c3ccc(-c4ccc5c(c4)Oc4ccccc4C54c5ccccc5-c5ccccc54)cc3)c3ccccc3n2)cc1. The van der Waals surface area contributed by atoms with Crippen LogP contribution in [-0.2, 0) is 5.41 Å². The third-order valence-corrected chi connectivity index (χ3v) is 9.98. The summed E-state index contributed by atoms with van der Waals surface area (Å²) < 4.78 is 6.74. The Morgan fingerprint density at radius 2 is 0.979 bits per heavy atom. The predicted octanol–water partition coefficient (Wildman–Crippen LogP) is 11.1. The molecule has 0 bridgehead atoms. The summed E-state index contributed by atoms with van der Waals surface area (Å²) in [4.78, 5) is 9.96. The third-order valence-electron chi connectivity index (χ3n) is 9.98. The Hall–Kier alpha value is -6.32. The summed E-state index contributed by atoms with van der Waals surface area (Å²) in [5, 5.41) is 1.04. The fourth-order valence-electron chi connectivity index (χ4n) is 7.87. The second kappa shape index (κ2) is 10.3. The van der Waals surface area contributed by atoms with Crippen LogP contribution in [0.5, 0.6) is 11.5 Å². The normalized spacial score (nSPS) is 13.3. The van der Waals surface area contributed by atoms with Crippen molar-refractivity contribution >= 4 is 10.9 Å². The Kier molecular flexibility index (Phi) is 5.79. The zero-order valence-electron chi connectivity index (χ0n) is 26.0. The van der Waals surface area contributed by atoms with Gasteiger partial charge in [0.25, 0.3) is 0 Å². The molecule has 224 valence electrons. The standard InChI is InChI=1S/C45H28N2O/c1-2-12-31(13-3-1)44-46-40-20-10-6-16-35(40)43(47-44)30-24-22-29(23-25-30)32-26-27-39-42(28-32)48-41-21-11-9-19-38(41)45(39)36-17-7-4-14-33(36)34-15-5-8-18-37(34)45/h1-28H. The van der Waals surface area contributed by atoms with E-state index < -0.39 is 5.41 Å². The summed E-state index contributed by atoms with van der Waals surface area (Å²) in [6.45, 7) is 0. The van der Waals surface area contributed by atoms with Gasteiger partial charge < -0.3 is 4.74 Å². The summed E-state index contributed by atoms with van der Waals surface area (Å²) in [5.41, 5.74) is 13.2. The summed E-state index contributed by atoms with van der Waals surface area (Å²) in [7, 11) is 0. The lowest BCUT2D eigenvalue weighted by atomic mass is 9.66.